The van der Waals surface area contributed by atoms with Gasteiger partial charge in [-0.05, 0) is 67.3 Å². The van der Waals surface area contributed by atoms with E-state index >= 15 is 0 Å². The van der Waals surface area contributed by atoms with Gasteiger partial charge in [0.05, 0.1) is 24.2 Å². The van der Waals surface area contributed by atoms with Crippen LogP contribution in [0.15, 0.2) is 107 Å². The van der Waals surface area contributed by atoms with Crippen molar-refractivity contribution in [1.82, 2.24) is 25.6 Å². The van der Waals surface area contributed by atoms with E-state index in [9.17, 15) is 4.79 Å². The fourth-order valence-corrected chi connectivity index (χ4v) is 5.06. The molecule has 11 heteroatoms. The molecule has 5 rings (SSSR count). The van der Waals surface area contributed by atoms with E-state index in [0.717, 1.165) is 63.8 Å². The van der Waals surface area contributed by atoms with E-state index in [2.05, 4.69) is 59.6 Å². The van der Waals surface area contributed by atoms with Crippen molar-refractivity contribution in [3.8, 4) is 0 Å². The molecule has 1 aliphatic rings. The summed E-state index contributed by atoms with van der Waals surface area (Å²) in [6.45, 7) is 6.55. The number of ether oxygens (including phenoxy) is 1. The first-order valence-corrected chi connectivity index (χ1v) is 14.5. The molecule has 0 aliphatic heterocycles. The van der Waals surface area contributed by atoms with Crippen LogP contribution in [0.4, 0.5) is 5.69 Å². The van der Waals surface area contributed by atoms with Crippen LogP contribution in [0.5, 0.6) is 0 Å². The number of aliphatic imine (C=N–C) groups is 2. The molecule has 0 fully saturated rings. The Balaban J connectivity index is 1.36. The average molecular weight is 592 g/mol. The van der Waals surface area contributed by atoms with Gasteiger partial charge in [-0.15, -0.1) is 0 Å². The van der Waals surface area contributed by atoms with Gasteiger partial charge in [0.15, 0.2) is 0 Å². The van der Waals surface area contributed by atoms with Crippen LogP contribution >= 0.6 is 0 Å². The first-order chi connectivity index (χ1) is 21.4. The second kappa shape index (κ2) is 14.1. The van der Waals surface area contributed by atoms with Gasteiger partial charge in [-0.2, -0.15) is 0 Å². The molecular weight excluding hydrogens is 554 g/mol. The largest absolute Gasteiger partial charge is 0.501 e. The minimum atomic E-state index is -0.894. The van der Waals surface area contributed by atoms with Crippen LogP contribution in [-0.4, -0.2) is 52.4 Å². The van der Waals surface area contributed by atoms with E-state index in [4.69, 9.17) is 10.5 Å². The van der Waals surface area contributed by atoms with Crippen LogP contribution in [0.1, 0.15) is 31.7 Å². The molecule has 0 saturated heterocycles. The molecule has 4 aromatic rings. The maximum Gasteiger partial charge on any atom is 0.242 e. The SMILES string of the molecule is C=C(NCCC1=C(OC)CCC=C1)NC(=NC(Cc1c[nH]c2ncccc12)C(N)=O)/N=C(\C)Nc1ccc2ncccc2c1. The Labute approximate surface area is 256 Å². The number of carbonyl (C=O) groups excluding carboxylic acids is 1. The number of nitrogens with one attached hydrogen (secondary N) is 4. The van der Waals surface area contributed by atoms with Crippen LogP contribution in [0.2, 0.25) is 0 Å². The lowest BCUT2D eigenvalue weighted by atomic mass is 10.0. The highest BCUT2D eigenvalue weighted by Crippen LogP contribution is 2.22. The van der Waals surface area contributed by atoms with Crippen LogP contribution in [-0.2, 0) is 16.0 Å². The number of rotatable bonds is 11. The summed E-state index contributed by atoms with van der Waals surface area (Å²) in [6.07, 6.45) is 12.5. The maximum absolute atomic E-state index is 12.6. The second-order valence-electron chi connectivity index (χ2n) is 10.4. The van der Waals surface area contributed by atoms with E-state index in [1.54, 1.807) is 19.5 Å². The number of pyridine rings is 2. The molecule has 11 nitrogen and oxygen atoms in total. The molecule has 1 amide bonds. The highest BCUT2D eigenvalue weighted by molar-refractivity contribution is 6.03. The number of primary amides is 1. The third-order valence-electron chi connectivity index (χ3n) is 7.22. The fraction of sp³-hybridized carbons (Fsp3) is 0.242. The Kier molecular flexibility index (Phi) is 9.65. The Morgan fingerprint density at radius 1 is 1.20 bits per heavy atom. The number of hydrogen-bond donors (Lipinski definition) is 5. The molecule has 0 saturated carbocycles. The molecular formula is C33H37N9O2. The van der Waals surface area contributed by atoms with Gasteiger partial charge in [0.1, 0.15) is 17.5 Å². The van der Waals surface area contributed by atoms with Crippen LogP contribution in [0, 0.1) is 0 Å². The predicted octanol–water partition coefficient (Wildman–Crippen LogP) is 4.69. The van der Waals surface area contributed by atoms with Crippen LogP contribution in [0.25, 0.3) is 21.9 Å². The summed E-state index contributed by atoms with van der Waals surface area (Å²) < 4.78 is 5.54. The van der Waals surface area contributed by atoms with Gasteiger partial charge in [0, 0.05) is 54.4 Å². The number of guanidine groups is 1. The van der Waals surface area contributed by atoms with E-state index in [-0.39, 0.29) is 12.4 Å². The minimum absolute atomic E-state index is 0.186. The number of fused-ring (bicyclic) bond motifs is 2. The summed E-state index contributed by atoms with van der Waals surface area (Å²) >= 11 is 0. The number of allylic oxidation sites excluding steroid dienone is 3. The van der Waals surface area contributed by atoms with Gasteiger partial charge in [-0.1, -0.05) is 24.8 Å². The van der Waals surface area contributed by atoms with E-state index in [1.165, 1.54) is 0 Å². The third-order valence-corrected chi connectivity index (χ3v) is 7.22. The van der Waals surface area contributed by atoms with E-state index in [1.807, 2.05) is 55.6 Å². The second-order valence-corrected chi connectivity index (χ2v) is 10.4. The zero-order valence-corrected chi connectivity index (χ0v) is 24.9. The number of carbonyl (C=O) groups is 1. The Bertz CT molecular complexity index is 1780. The zero-order valence-electron chi connectivity index (χ0n) is 24.9. The number of anilines is 1. The van der Waals surface area contributed by atoms with Gasteiger partial charge in [-0.3, -0.25) is 9.78 Å². The number of amides is 1. The van der Waals surface area contributed by atoms with Crippen molar-refractivity contribution in [3.63, 3.8) is 0 Å². The Hall–Kier alpha value is -5.45. The smallest absolute Gasteiger partial charge is 0.242 e. The van der Waals surface area contributed by atoms with Gasteiger partial charge >= 0.3 is 0 Å². The number of aromatic amines is 1. The molecule has 3 heterocycles. The summed E-state index contributed by atoms with van der Waals surface area (Å²) in [5, 5.41) is 11.6. The highest BCUT2D eigenvalue weighted by atomic mass is 16.5. The first kappa shape index (κ1) is 30.0. The molecule has 44 heavy (non-hydrogen) atoms. The van der Waals surface area contributed by atoms with Crippen molar-refractivity contribution in [3.05, 3.63) is 103 Å². The quantitative estimate of drug-likeness (QED) is 0.125. The van der Waals surface area contributed by atoms with Crippen molar-refractivity contribution in [2.45, 2.75) is 38.6 Å². The molecule has 3 aromatic heterocycles. The summed E-state index contributed by atoms with van der Waals surface area (Å²) in [7, 11) is 1.70. The molecule has 6 N–H and O–H groups in total. The summed E-state index contributed by atoms with van der Waals surface area (Å²) in [5.41, 5.74) is 10.3. The molecule has 1 unspecified atom stereocenters. The lowest BCUT2D eigenvalue weighted by molar-refractivity contribution is -0.119. The van der Waals surface area contributed by atoms with Crippen molar-refractivity contribution >= 4 is 45.3 Å². The minimum Gasteiger partial charge on any atom is -0.501 e. The molecule has 0 spiro atoms. The molecule has 0 bridgehead atoms. The van der Waals surface area contributed by atoms with Crippen molar-refractivity contribution in [1.29, 1.82) is 0 Å². The Morgan fingerprint density at radius 2 is 2.05 bits per heavy atom. The number of nitrogens with two attached hydrogens (primary N) is 1. The number of aromatic nitrogens is 3. The summed E-state index contributed by atoms with van der Waals surface area (Å²) in [5.74, 6) is 1.64. The molecule has 1 atom stereocenters. The average Bonchev–Trinajstić information content (AvgIpc) is 3.43. The normalized spacial score (nSPS) is 14.5. The first-order valence-electron chi connectivity index (χ1n) is 14.5. The van der Waals surface area contributed by atoms with E-state index < -0.39 is 11.9 Å². The number of amidine groups is 1. The monoisotopic (exact) mass is 591 g/mol. The van der Waals surface area contributed by atoms with Crippen molar-refractivity contribution in [2.75, 3.05) is 19.0 Å². The summed E-state index contributed by atoms with van der Waals surface area (Å²) in [6, 6.07) is 12.6. The van der Waals surface area contributed by atoms with Gasteiger partial charge < -0.3 is 31.4 Å². The van der Waals surface area contributed by atoms with Gasteiger partial charge in [-0.25, -0.2) is 15.0 Å². The molecule has 226 valence electrons. The zero-order chi connectivity index (χ0) is 30.9. The fourth-order valence-electron chi connectivity index (χ4n) is 5.06. The lowest BCUT2D eigenvalue weighted by Gasteiger charge is -2.17. The third kappa shape index (κ3) is 7.68. The van der Waals surface area contributed by atoms with Crippen molar-refractivity contribution in [2.24, 2.45) is 15.7 Å². The van der Waals surface area contributed by atoms with Crippen molar-refractivity contribution < 1.29 is 9.53 Å². The predicted molar refractivity (Wildman–Crippen MR) is 176 cm³/mol. The number of benzene rings is 1. The number of hydrogen-bond acceptors (Lipinski definition) is 6. The number of nitrogens with zero attached hydrogens (tertiary/aromatic N) is 4. The molecule has 0 radical (unpaired) electrons. The topological polar surface area (TPSA) is 155 Å². The van der Waals surface area contributed by atoms with E-state index in [0.29, 0.717) is 18.2 Å². The highest BCUT2D eigenvalue weighted by Gasteiger charge is 2.19. The number of H-pyrrole nitrogens is 1. The Morgan fingerprint density at radius 3 is 2.89 bits per heavy atom. The molecule has 1 aromatic carbocycles. The lowest BCUT2D eigenvalue weighted by Crippen LogP contribution is -2.35. The van der Waals surface area contributed by atoms with Crippen LogP contribution < -0.4 is 21.7 Å². The van der Waals surface area contributed by atoms with Gasteiger partial charge in [0.25, 0.3) is 0 Å². The molecule has 1 aliphatic carbocycles. The van der Waals surface area contributed by atoms with Gasteiger partial charge in [0.2, 0.25) is 11.9 Å². The maximum atomic E-state index is 12.6. The summed E-state index contributed by atoms with van der Waals surface area (Å²) in [4.78, 5) is 33.8. The van der Waals surface area contributed by atoms with Crippen LogP contribution in [0.3, 0.4) is 0 Å². The number of methoxy groups -OCH3 is 1. The standard InChI is InChI=1S/C33H37N9O2/c1-21(35-17-14-23-8-4-5-11-30(23)44-3)40-33(41-22(2)39-26-12-13-28-24(18-26)9-6-15-36-28)42-29(31(34)43)19-25-20-38-32-27(25)10-7-16-37-32/h4,6-10,12-13,15-16,18,20,29,35H,1,5,11,14,17,19H2,2-3H3,(H2,34,43)(H,37,38)(H2,39,40,41,42).